The normalized spacial score (nSPS) is 16.6. The van der Waals surface area contributed by atoms with Crippen molar-refractivity contribution in [2.75, 3.05) is 4.90 Å². The molecule has 0 spiro atoms. The van der Waals surface area contributed by atoms with Gasteiger partial charge in [0.2, 0.25) is 0 Å². The minimum absolute atomic E-state index is 0.110. The van der Waals surface area contributed by atoms with Gasteiger partial charge in [-0.2, -0.15) is 0 Å². The van der Waals surface area contributed by atoms with Crippen molar-refractivity contribution >= 4 is 35.0 Å². The van der Waals surface area contributed by atoms with Crippen molar-refractivity contribution in [1.29, 1.82) is 0 Å². The summed E-state index contributed by atoms with van der Waals surface area (Å²) in [5, 5.41) is 3.42. The molecule has 0 aliphatic carbocycles. The standard InChI is InChI=1S/C20H20N2OS/c1-20(2,3)15-11-9-14(10-12-15)13-17-18(23)22(19(24)21-17)16-7-5-4-6-8-16/h4-13H,1-3H3,(H,21,24). The van der Waals surface area contributed by atoms with Crippen molar-refractivity contribution in [3.63, 3.8) is 0 Å². The molecule has 122 valence electrons. The Labute approximate surface area is 148 Å². The number of nitrogens with zero attached hydrogens (tertiary/aromatic N) is 1. The monoisotopic (exact) mass is 336 g/mol. The number of rotatable bonds is 2. The molecule has 1 N–H and O–H groups in total. The Morgan fingerprint density at radius 3 is 2.21 bits per heavy atom. The van der Waals surface area contributed by atoms with E-state index in [2.05, 4.69) is 38.2 Å². The summed E-state index contributed by atoms with van der Waals surface area (Å²) in [7, 11) is 0. The van der Waals surface area contributed by atoms with E-state index in [9.17, 15) is 4.79 Å². The van der Waals surface area contributed by atoms with Crippen molar-refractivity contribution in [3.8, 4) is 0 Å². The number of anilines is 1. The van der Waals surface area contributed by atoms with Crippen LogP contribution in [0.4, 0.5) is 5.69 Å². The third-order valence-corrected chi connectivity index (χ3v) is 4.26. The zero-order valence-electron chi connectivity index (χ0n) is 14.0. The molecule has 1 heterocycles. The molecule has 0 unspecified atom stereocenters. The Hall–Kier alpha value is -2.46. The summed E-state index contributed by atoms with van der Waals surface area (Å²) < 4.78 is 0. The van der Waals surface area contributed by atoms with Crippen LogP contribution >= 0.6 is 12.2 Å². The maximum Gasteiger partial charge on any atom is 0.281 e. The molecule has 3 rings (SSSR count). The number of carbonyl (C=O) groups is 1. The van der Waals surface area contributed by atoms with Crippen LogP contribution in [0.5, 0.6) is 0 Å². The topological polar surface area (TPSA) is 32.3 Å². The van der Waals surface area contributed by atoms with Crippen LogP contribution in [0.15, 0.2) is 60.3 Å². The Kier molecular flexibility index (Phi) is 4.24. The smallest absolute Gasteiger partial charge is 0.281 e. The van der Waals surface area contributed by atoms with Gasteiger partial charge in [0, 0.05) is 0 Å². The third-order valence-electron chi connectivity index (χ3n) is 3.98. The summed E-state index contributed by atoms with van der Waals surface area (Å²) in [5.74, 6) is -0.133. The van der Waals surface area contributed by atoms with E-state index in [1.807, 2.05) is 48.5 Å². The van der Waals surface area contributed by atoms with Crippen LogP contribution in [-0.2, 0) is 10.2 Å². The van der Waals surface area contributed by atoms with Crippen molar-refractivity contribution < 1.29 is 4.79 Å². The van der Waals surface area contributed by atoms with Gasteiger partial charge in [0.25, 0.3) is 5.91 Å². The lowest BCUT2D eigenvalue weighted by molar-refractivity contribution is -0.113. The molecule has 3 nitrogen and oxygen atoms in total. The van der Waals surface area contributed by atoms with Crippen LogP contribution in [0.1, 0.15) is 31.9 Å². The lowest BCUT2D eigenvalue weighted by atomic mass is 9.87. The molecule has 1 amide bonds. The van der Waals surface area contributed by atoms with Gasteiger partial charge in [-0.25, -0.2) is 0 Å². The zero-order chi connectivity index (χ0) is 17.3. The van der Waals surface area contributed by atoms with Crippen molar-refractivity contribution in [3.05, 3.63) is 71.4 Å². The summed E-state index contributed by atoms with van der Waals surface area (Å²) in [6.45, 7) is 6.54. The van der Waals surface area contributed by atoms with Gasteiger partial charge < -0.3 is 5.32 Å². The molecule has 0 atom stereocenters. The van der Waals surface area contributed by atoms with Gasteiger partial charge in [-0.05, 0) is 47.0 Å². The molecule has 2 aromatic carbocycles. The molecule has 0 radical (unpaired) electrons. The van der Waals surface area contributed by atoms with Crippen molar-refractivity contribution in [2.24, 2.45) is 0 Å². The number of nitrogens with one attached hydrogen (secondary N) is 1. The molecule has 4 heteroatoms. The molecule has 2 aromatic rings. The van der Waals surface area contributed by atoms with Crippen LogP contribution in [-0.4, -0.2) is 11.0 Å². The largest absolute Gasteiger partial charge is 0.327 e. The molecular formula is C20H20N2OS. The van der Waals surface area contributed by atoms with E-state index in [-0.39, 0.29) is 11.3 Å². The maximum absolute atomic E-state index is 12.7. The minimum Gasteiger partial charge on any atom is -0.327 e. The van der Waals surface area contributed by atoms with Crippen LogP contribution in [0.3, 0.4) is 0 Å². The van der Waals surface area contributed by atoms with Gasteiger partial charge in [0.1, 0.15) is 5.70 Å². The first-order valence-corrected chi connectivity index (χ1v) is 8.30. The average molecular weight is 336 g/mol. The second-order valence-electron chi connectivity index (χ2n) is 6.84. The quantitative estimate of drug-likeness (QED) is 0.657. The molecule has 24 heavy (non-hydrogen) atoms. The first-order chi connectivity index (χ1) is 11.4. The molecule has 0 saturated carbocycles. The fourth-order valence-corrected chi connectivity index (χ4v) is 2.89. The maximum atomic E-state index is 12.7. The highest BCUT2D eigenvalue weighted by Gasteiger charge is 2.31. The van der Waals surface area contributed by atoms with Gasteiger partial charge in [-0.3, -0.25) is 9.69 Å². The van der Waals surface area contributed by atoms with Gasteiger partial charge in [-0.15, -0.1) is 0 Å². The van der Waals surface area contributed by atoms with E-state index >= 15 is 0 Å². The molecular weight excluding hydrogens is 316 g/mol. The predicted octanol–water partition coefficient (Wildman–Crippen LogP) is 4.25. The van der Waals surface area contributed by atoms with Gasteiger partial charge in [0.05, 0.1) is 5.69 Å². The first-order valence-electron chi connectivity index (χ1n) is 7.89. The van der Waals surface area contributed by atoms with E-state index in [0.29, 0.717) is 10.8 Å². The number of amides is 1. The lowest BCUT2D eigenvalue weighted by Crippen LogP contribution is -2.30. The number of hydrogen-bond acceptors (Lipinski definition) is 2. The fourth-order valence-electron chi connectivity index (χ4n) is 2.59. The molecule has 1 saturated heterocycles. The zero-order valence-corrected chi connectivity index (χ0v) is 14.9. The van der Waals surface area contributed by atoms with Crippen LogP contribution in [0, 0.1) is 0 Å². The molecule has 1 fully saturated rings. The Morgan fingerprint density at radius 2 is 1.62 bits per heavy atom. The van der Waals surface area contributed by atoms with E-state index < -0.39 is 0 Å². The first kappa shape index (κ1) is 16.4. The van der Waals surface area contributed by atoms with E-state index in [1.54, 1.807) is 0 Å². The number of carbonyl (C=O) groups excluding carboxylic acids is 1. The van der Waals surface area contributed by atoms with E-state index in [1.165, 1.54) is 10.5 Å². The summed E-state index contributed by atoms with van der Waals surface area (Å²) in [6.07, 6.45) is 1.84. The second-order valence-corrected chi connectivity index (χ2v) is 7.22. The highest BCUT2D eigenvalue weighted by atomic mass is 32.1. The summed E-state index contributed by atoms with van der Waals surface area (Å²) in [4.78, 5) is 14.2. The molecule has 0 aromatic heterocycles. The number of thiocarbonyl (C=S) groups is 1. The van der Waals surface area contributed by atoms with Gasteiger partial charge in [-0.1, -0.05) is 63.2 Å². The average Bonchev–Trinajstić information content (AvgIpc) is 2.82. The summed E-state index contributed by atoms with van der Waals surface area (Å²) in [6, 6.07) is 17.7. The van der Waals surface area contributed by atoms with Crippen LogP contribution < -0.4 is 10.2 Å². The highest BCUT2D eigenvalue weighted by molar-refractivity contribution is 7.80. The lowest BCUT2D eigenvalue weighted by Gasteiger charge is -2.18. The minimum atomic E-state index is -0.133. The molecule has 1 aliphatic heterocycles. The summed E-state index contributed by atoms with van der Waals surface area (Å²) >= 11 is 5.32. The van der Waals surface area contributed by atoms with Crippen molar-refractivity contribution in [1.82, 2.24) is 5.32 Å². The third kappa shape index (κ3) is 3.24. The molecule has 1 aliphatic rings. The Bertz CT molecular complexity index is 802. The van der Waals surface area contributed by atoms with Crippen LogP contribution in [0.2, 0.25) is 0 Å². The van der Waals surface area contributed by atoms with Gasteiger partial charge >= 0.3 is 0 Å². The van der Waals surface area contributed by atoms with Gasteiger partial charge in [0.15, 0.2) is 5.11 Å². The van der Waals surface area contributed by atoms with Crippen molar-refractivity contribution in [2.45, 2.75) is 26.2 Å². The number of para-hydroxylation sites is 1. The number of benzene rings is 2. The van der Waals surface area contributed by atoms with E-state index in [4.69, 9.17) is 12.2 Å². The molecule has 0 bridgehead atoms. The highest BCUT2D eigenvalue weighted by Crippen LogP contribution is 2.24. The predicted molar refractivity (Wildman–Crippen MR) is 103 cm³/mol. The Morgan fingerprint density at radius 1 is 1.00 bits per heavy atom. The fraction of sp³-hybridized carbons (Fsp3) is 0.200. The summed E-state index contributed by atoms with van der Waals surface area (Å²) in [5.41, 5.74) is 3.60. The van der Waals surface area contributed by atoms with Crippen LogP contribution in [0.25, 0.3) is 6.08 Å². The second kappa shape index (κ2) is 6.21. The Balaban J connectivity index is 1.87. The van der Waals surface area contributed by atoms with E-state index in [0.717, 1.165) is 11.3 Å². The SMILES string of the molecule is CC(C)(C)c1ccc(C=C2NC(=S)N(c3ccccc3)C2=O)cc1. The number of hydrogen-bond donors (Lipinski definition) is 1.